The maximum atomic E-state index is 11.3. The van der Waals surface area contributed by atoms with Crippen LogP contribution in [0.1, 0.15) is 12.5 Å². The van der Waals surface area contributed by atoms with E-state index in [0.29, 0.717) is 18.7 Å². The molecule has 0 bridgehead atoms. The van der Waals surface area contributed by atoms with Gasteiger partial charge in [-0.25, -0.2) is 0 Å². The van der Waals surface area contributed by atoms with Crippen LogP contribution >= 0.6 is 0 Å². The van der Waals surface area contributed by atoms with Crippen molar-refractivity contribution in [2.45, 2.75) is 13.5 Å². The predicted octanol–water partition coefficient (Wildman–Crippen LogP) is 0.688. The third kappa shape index (κ3) is 2.18. The van der Waals surface area contributed by atoms with Gasteiger partial charge in [-0.1, -0.05) is 0 Å². The van der Waals surface area contributed by atoms with Crippen molar-refractivity contribution in [1.29, 1.82) is 0 Å². The smallest absolute Gasteiger partial charge is 0.268 e. The highest BCUT2D eigenvalue weighted by Gasteiger charge is 2.21. The number of anilines is 1. The molecule has 0 radical (unpaired) electrons. The van der Waals surface area contributed by atoms with Crippen molar-refractivity contribution in [3.05, 3.63) is 50.5 Å². The van der Waals surface area contributed by atoms with Crippen LogP contribution in [0, 0.1) is 0 Å². The zero-order valence-electron chi connectivity index (χ0n) is 9.40. The third-order valence-corrected chi connectivity index (χ3v) is 2.40. The fourth-order valence-corrected chi connectivity index (χ4v) is 1.54. The van der Waals surface area contributed by atoms with Gasteiger partial charge in [0.15, 0.2) is 5.75 Å². The molecule has 0 amide bonds. The number of hydrogen-bond donors (Lipinski definition) is 1. The molecule has 0 spiro atoms. The van der Waals surface area contributed by atoms with Crippen LogP contribution in [0.3, 0.4) is 0 Å². The molecule has 0 unspecified atom stereocenters. The summed E-state index contributed by atoms with van der Waals surface area (Å²) in [5, 5.41) is 3.04. The second kappa shape index (κ2) is 4.78. The molecular weight excluding hydrogens is 220 g/mol. The van der Waals surface area contributed by atoms with Gasteiger partial charge in [-0.15, -0.1) is 0 Å². The minimum Gasteiger partial charge on any atom is -0.489 e. The van der Waals surface area contributed by atoms with Crippen molar-refractivity contribution in [3.63, 3.8) is 0 Å². The van der Waals surface area contributed by atoms with Crippen LogP contribution < -0.4 is 20.9 Å². The van der Waals surface area contributed by atoms with Crippen LogP contribution in [-0.2, 0) is 6.54 Å². The van der Waals surface area contributed by atoms with Gasteiger partial charge in [0.1, 0.15) is 0 Å². The maximum Gasteiger partial charge on any atom is 0.268 e. The summed E-state index contributed by atoms with van der Waals surface area (Å²) in [6.45, 7) is 2.45. The van der Waals surface area contributed by atoms with Crippen LogP contribution in [0.25, 0.3) is 0 Å². The number of rotatable bonds is 5. The van der Waals surface area contributed by atoms with E-state index in [2.05, 4.69) is 10.3 Å². The van der Waals surface area contributed by atoms with Crippen LogP contribution in [0.5, 0.6) is 5.75 Å². The first-order chi connectivity index (χ1) is 8.24. The standard InChI is InChI=1S/C12H12N2O3/c1-2-17-12-9(10(15)11(12)16)7-14-8-3-5-13-6-4-8/h3-6H,2,7H2,1H3,(H,13,14). The Bertz CT molecular complexity index is 571. The molecule has 1 N–H and O–H groups in total. The van der Waals surface area contributed by atoms with E-state index in [4.69, 9.17) is 4.74 Å². The molecule has 0 aliphatic rings. The number of pyridine rings is 1. The Kier molecular flexibility index (Phi) is 3.18. The van der Waals surface area contributed by atoms with Gasteiger partial charge < -0.3 is 10.1 Å². The molecule has 17 heavy (non-hydrogen) atoms. The van der Waals surface area contributed by atoms with Gasteiger partial charge in [0.2, 0.25) is 5.43 Å². The molecule has 1 aromatic carbocycles. The Hall–Kier alpha value is -2.17. The Morgan fingerprint density at radius 3 is 2.59 bits per heavy atom. The van der Waals surface area contributed by atoms with Crippen molar-refractivity contribution in [3.8, 4) is 5.75 Å². The van der Waals surface area contributed by atoms with Gasteiger partial charge in [-0.3, -0.25) is 14.6 Å². The van der Waals surface area contributed by atoms with Gasteiger partial charge in [-0.05, 0) is 19.1 Å². The van der Waals surface area contributed by atoms with E-state index in [1.165, 1.54) is 0 Å². The normalized spacial score (nSPS) is 10.4. The van der Waals surface area contributed by atoms with E-state index in [9.17, 15) is 9.59 Å². The third-order valence-electron chi connectivity index (χ3n) is 2.40. The first-order valence-electron chi connectivity index (χ1n) is 5.33. The summed E-state index contributed by atoms with van der Waals surface area (Å²) in [6, 6.07) is 3.57. The van der Waals surface area contributed by atoms with Crippen molar-refractivity contribution in [1.82, 2.24) is 4.98 Å². The van der Waals surface area contributed by atoms with Crippen LogP contribution in [-0.4, -0.2) is 11.6 Å². The first-order valence-corrected chi connectivity index (χ1v) is 5.33. The Morgan fingerprint density at radius 1 is 1.24 bits per heavy atom. The quantitative estimate of drug-likeness (QED) is 0.768. The maximum absolute atomic E-state index is 11.3. The van der Waals surface area contributed by atoms with Crippen molar-refractivity contribution in [2.24, 2.45) is 0 Å². The summed E-state index contributed by atoms with van der Waals surface area (Å²) in [6.07, 6.45) is 3.29. The second-order valence-electron chi connectivity index (χ2n) is 3.49. The van der Waals surface area contributed by atoms with Crippen LogP contribution in [0.15, 0.2) is 34.1 Å². The lowest BCUT2D eigenvalue weighted by molar-refractivity contribution is 0.328. The van der Waals surface area contributed by atoms with Crippen LogP contribution in [0.4, 0.5) is 5.69 Å². The molecular formula is C12H12N2O3. The van der Waals surface area contributed by atoms with Gasteiger partial charge in [0, 0.05) is 24.6 Å². The monoisotopic (exact) mass is 232 g/mol. The summed E-state index contributed by atoms with van der Waals surface area (Å²) < 4.78 is 5.12. The highest BCUT2D eigenvalue weighted by atomic mass is 16.5. The summed E-state index contributed by atoms with van der Waals surface area (Å²) in [5.74, 6) is 0.194. The number of ether oxygens (including phenoxy) is 1. The molecule has 0 aliphatic carbocycles. The summed E-state index contributed by atoms with van der Waals surface area (Å²) in [4.78, 5) is 26.4. The van der Waals surface area contributed by atoms with E-state index < -0.39 is 10.9 Å². The molecule has 0 fully saturated rings. The highest BCUT2D eigenvalue weighted by Crippen LogP contribution is 2.13. The van der Waals surface area contributed by atoms with E-state index in [1.807, 2.05) is 0 Å². The molecule has 2 aromatic rings. The minimum atomic E-state index is -0.529. The number of nitrogens with zero attached hydrogens (tertiary/aromatic N) is 1. The lowest BCUT2D eigenvalue weighted by Gasteiger charge is -2.12. The SMILES string of the molecule is CCOc1c(CNc2ccncc2)c(=O)c1=O. The molecule has 88 valence electrons. The van der Waals surface area contributed by atoms with Gasteiger partial charge in [-0.2, -0.15) is 0 Å². The lowest BCUT2D eigenvalue weighted by atomic mass is 10.1. The van der Waals surface area contributed by atoms with Crippen LogP contribution in [0.2, 0.25) is 0 Å². The molecule has 0 atom stereocenters. The molecule has 0 saturated heterocycles. The average Bonchev–Trinajstić information content (AvgIpc) is 2.38. The lowest BCUT2D eigenvalue weighted by Crippen LogP contribution is -2.37. The van der Waals surface area contributed by atoms with Gasteiger partial charge in [0.05, 0.1) is 12.2 Å². The molecule has 0 aliphatic heterocycles. The summed E-state index contributed by atoms with van der Waals surface area (Å²) in [7, 11) is 0. The van der Waals surface area contributed by atoms with Crippen molar-refractivity contribution < 1.29 is 4.74 Å². The summed E-state index contributed by atoms with van der Waals surface area (Å²) >= 11 is 0. The average molecular weight is 232 g/mol. The molecule has 2 rings (SSSR count). The zero-order valence-corrected chi connectivity index (χ0v) is 9.40. The second-order valence-corrected chi connectivity index (χ2v) is 3.49. The summed E-state index contributed by atoms with van der Waals surface area (Å²) in [5.41, 5.74) is 0.262. The van der Waals surface area contributed by atoms with Crippen molar-refractivity contribution in [2.75, 3.05) is 11.9 Å². The Balaban J connectivity index is 2.08. The van der Waals surface area contributed by atoms with E-state index in [0.717, 1.165) is 5.69 Å². The number of aromatic nitrogens is 1. The molecule has 1 aromatic heterocycles. The number of hydrogen-bond acceptors (Lipinski definition) is 5. The first kappa shape index (κ1) is 11.3. The van der Waals surface area contributed by atoms with E-state index >= 15 is 0 Å². The molecule has 1 heterocycles. The fraction of sp³-hybridized carbons (Fsp3) is 0.250. The Labute approximate surface area is 97.8 Å². The molecule has 5 heteroatoms. The fourth-order valence-electron chi connectivity index (χ4n) is 1.54. The van der Waals surface area contributed by atoms with E-state index in [-0.39, 0.29) is 5.75 Å². The predicted molar refractivity (Wildman–Crippen MR) is 64.1 cm³/mol. The largest absolute Gasteiger partial charge is 0.489 e. The molecule has 0 saturated carbocycles. The molecule has 5 nitrogen and oxygen atoms in total. The van der Waals surface area contributed by atoms with Gasteiger partial charge in [0.25, 0.3) is 5.43 Å². The van der Waals surface area contributed by atoms with Crippen molar-refractivity contribution >= 4 is 5.69 Å². The number of nitrogens with one attached hydrogen (secondary N) is 1. The zero-order chi connectivity index (χ0) is 12.3. The van der Waals surface area contributed by atoms with Gasteiger partial charge >= 0.3 is 0 Å². The topological polar surface area (TPSA) is 68.3 Å². The van der Waals surface area contributed by atoms with E-state index in [1.54, 1.807) is 31.5 Å². The minimum absolute atomic E-state index is 0.194. The Morgan fingerprint density at radius 2 is 1.94 bits per heavy atom. The highest BCUT2D eigenvalue weighted by molar-refractivity contribution is 5.46.